The van der Waals surface area contributed by atoms with Crippen LogP contribution in [0, 0.1) is 0 Å². The zero-order chi connectivity index (χ0) is 10.4. The van der Waals surface area contributed by atoms with Crippen molar-refractivity contribution in [3.8, 4) is 0 Å². The number of halogens is 2. The van der Waals surface area contributed by atoms with Crippen LogP contribution in [0.4, 0.5) is 0 Å². The van der Waals surface area contributed by atoms with Crippen molar-refractivity contribution in [2.45, 2.75) is 6.42 Å². The smallest absolute Gasteiger partial charge is 0.0813 e. The zero-order valence-electron chi connectivity index (χ0n) is 7.93. The Hall–Kier alpha value is -0.570. The summed E-state index contributed by atoms with van der Waals surface area (Å²) in [6.45, 7) is 0.946. The Balaban J connectivity index is 2.62. The van der Waals surface area contributed by atoms with Crippen LogP contribution >= 0.6 is 23.2 Å². The lowest BCUT2D eigenvalue weighted by Crippen LogP contribution is -2.05. The molecule has 76 valence electrons. The van der Waals surface area contributed by atoms with Crippen LogP contribution in [0.3, 0.4) is 0 Å². The molecule has 0 unspecified atom stereocenters. The Kier molecular flexibility index (Phi) is 4.94. The summed E-state index contributed by atoms with van der Waals surface area (Å²) in [5, 5.41) is 4.19. The largest absolute Gasteiger partial charge is 0.319 e. The Morgan fingerprint density at radius 2 is 2.29 bits per heavy atom. The van der Waals surface area contributed by atoms with Gasteiger partial charge >= 0.3 is 0 Å². The number of aromatic nitrogens is 1. The van der Waals surface area contributed by atoms with Gasteiger partial charge in [0.25, 0.3) is 0 Å². The van der Waals surface area contributed by atoms with Crippen LogP contribution < -0.4 is 5.32 Å². The molecule has 0 saturated carbocycles. The van der Waals surface area contributed by atoms with Gasteiger partial charge in [0.2, 0.25) is 0 Å². The molecule has 0 fully saturated rings. The second kappa shape index (κ2) is 6.02. The van der Waals surface area contributed by atoms with E-state index in [1.165, 1.54) is 0 Å². The molecule has 0 aromatic carbocycles. The standard InChI is InChI=1S/C10H12Cl2N2/c1-13-5-3-2-4-10-9(12)6-8(11)7-14-10/h2,4,6-7,13H,3,5H2,1H3. The average Bonchev–Trinajstić information content (AvgIpc) is 2.15. The average molecular weight is 231 g/mol. The van der Waals surface area contributed by atoms with Crippen molar-refractivity contribution in [2.75, 3.05) is 13.6 Å². The van der Waals surface area contributed by atoms with Crippen molar-refractivity contribution in [2.24, 2.45) is 0 Å². The topological polar surface area (TPSA) is 24.9 Å². The molecule has 14 heavy (non-hydrogen) atoms. The fraction of sp³-hybridized carbons (Fsp3) is 0.300. The molecule has 1 aromatic heterocycles. The van der Waals surface area contributed by atoms with Gasteiger partial charge < -0.3 is 5.32 Å². The fourth-order valence-corrected chi connectivity index (χ4v) is 1.41. The van der Waals surface area contributed by atoms with Gasteiger partial charge in [-0.15, -0.1) is 0 Å². The molecule has 0 aliphatic heterocycles. The molecule has 0 amide bonds. The highest BCUT2D eigenvalue weighted by Gasteiger charge is 1.97. The lowest BCUT2D eigenvalue weighted by atomic mass is 10.3. The molecule has 0 radical (unpaired) electrons. The minimum Gasteiger partial charge on any atom is -0.319 e. The molecular formula is C10H12Cl2N2. The van der Waals surface area contributed by atoms with Gasteiger partial charge in [-0.1, -0.05) is 29.3 Å². The molecular weight excluding hydrogens is 219 g/mol. The maximum Gasteiger partial charge on any atom is 0.0813 e. The third kappa shape index (κ3) is 3.66. The van der Waals surface area contributed by atoms with E-state index in [1.54, 1.807) is 12.3 Å². The zero-order valence-corrected chi connectivity index (χ0v) is 9.44. The third-order valence-electron chi connectivity index (χ3n) is 1.67. The van der Waals surface area contributed by atoms with Crippen molar-refractivity contribution in [1.29, 1.82) is 0 Å². The van der Waals surface area contributed by atoms with Gasteiger partial charge in [0.1, 0.15) is 0 Å². The lowest BCUT2D eigenvalue weighted by Gasteiger charge is -1.97. The van der Waals surface area contributed by atoms with Crippen molar-refractivity contribution >= 4 is 29.3 Å². The minimum atomic E-state index is 0.558. The van der Waals surface area contributed by atoms with Crippen molar-refractivity contribution in [1.82, 2.24) is 10.3 Å². The van der Waals surface area contributed by atoms with E-state index in [2.05, 4.69) is 10.3 Å². The third-order valence-corrected chi connectivity index (χ3v) is 2.18. The predicted molar refractivity (Wildman–Crippen MR) is 61.8 cm³/mol. The van der Waals surface area contributed by atoms with E-state index in [0.29, 0.717) is 10.0 Å². The number of pyridine rings is 1. The molecule has 1 aromatic rings. The lowest BCUT2D eigenvalue weighted by molar-refractivity contribution is 0.809. The Labute approximate surface area is 93.9 Å². The second-order valence-corrected chi connectivity index (χ2v) is 3.66. The summed E-state index contributed by atoms with van der Waals surface area (Å²) in [4.78, 5) is 4.10. The monoisotopic (exact) mass is 230 g/mol. The summed E-state index contributed by atoms with van der Waals surface area (Å²) in [5.41, 5.74) is 0.757. The number of hydrogen-bond donors (Lipinski definition) is 1. The van der Waals surface area contributed by atoms with Gasteiger partial charge in [-0.2, -0.15) is 0 Å². The van der Waals surface area contributed by atoms with Crippen LogP contribution in [0.1, 0.15) is 12.1 Å². The molecule has 0 aliphatic rings. The molecule has 0 atom stereocenters. The van der Waals surface area contributed by atoms with E-state index < -0.39 is 0 Å². The molecule has 0 saturated heterocycles. The summed E-state index contributed by atoms with van der Waals surface area (Å²) in [5.74, 6) is 0. The van der Waals surface area contributed by atoms with Crippen LogP contribution in [0.25, 0.3) is 6.08 Å². The highest BCUT2D eigenvalue weighted by atomic mass is 35.5. The maximum absolute atomic E-state index is 5.93. The van der Waals surface area contributed by atoms with Crippen LogP contribution in [0.2, 0.25) is 10.0 Å². The van der Waals surface area contributed by atoms with E-state index in [9.17, 15) is 0 Å². The van der Waals surface area contributed by atoms with Crippen molar-refractivity contribution in [3.05, 3.63) is 34.1 Å². The van der Waals surface area contributed by atoms with Crippen LogP contribution in [0.5, 0.6) is 0 Å². The molecule has 1 N–H and O–H groups in total. The summed E-state index contributed by atoms with van der Waals surface area (Å²) >= 11 is 11.6. The number of nitrogens with zero attached hydrogens (tertiary/aromatic N) is 1. The number of hydrogen-bond acceptors (Lipinski definition) is 2. The van der Waals surface area contributed by atoms with E-state index in [0.717, 1.165) is 18.7 Å². The second-order valence-electron chi connectivity index (χ2n) is 2.82. The van der Waals surface area contributed by atoms with Crippen LogP contribution in [0.15, 0.2) is 18.3 Å². The van der Waals surface area contributed by atoms with E-state index in [4.69, 9.17) is 23.2 Å². The normalized spacial score (nSPS) is 11.1. The van der Waals surface area contributed by atoms with Crippen LogP contribution in [-0.2, 0) is 0 Å². The molecule has 0 spiro atoms. The first-order chi connectivity index (χ1) is 6.74. The molecule has 0 bridgehead atoms. The fourth-order valence-electron chi connectivity index (χ4n) is 0.970. The Morgan fingerprint density at radius 3 is 2.93 bits per heavy atom. The molecule has 4 heteroatoms. The van der Waals surface area contributed by atoms with Crippen molar-refractivity contribution < 1.29 is 0 Å². The molecule has 1 heterocycles. The first-order valence-electron chi connectivity index (χ1n) is 4.36. The highest BCUT2D eigenvalue weighted by Crippen LogP contribution is 2.19. The summed E-state index contributed by atoms with van der Waals surface area (Å²) < 4.78 is 0. The predicted octanol–water partition coefficient (Wildman–Crippen LogP) is 3.01. The van der Waals surface area contributed by atoms with E-state index in [1.807, 2.05) is 19.2 Å². The van der Waals surface area contributed by atoms with E-state index >= 15 is 0 Å². The van der Waals surface area contributed by atoms with Gasteiger partial charge in [0.15, 0.2) is 0 Å². The summed E-state index contributed by atoms with van der Waals surface area (Å²) in [6, 6.07) is 1.69. The molecule has 1 rings (SSSR count). The van der Waals surface area contributed by atoms with Gasteiger partial charge in [0.05, 0.1) is 15.7 Å². The van der Waals surface area contributed by atoms with Gasteiger partial charge in [0, 0.05) is 6.20 Å². The first kappa shape index (κ1) is 11.5. The number of nitrogens with one attached hydrogen (secondary N) is 1. The quantitative estimate of drug-likeness (QED) is 0.805. The van der Waals surface area contributed by atoms with Crippen molar-refractivity contribution in [3.63, 3.8) is 0 Å². The van der Waals surface area contributed by atoms with Gasteiger partial charge in [-0.3, -0.25) is 4.98 Å². The first-order valence-corrected chi connectivity index (χ1v) is 5.12. The Bertz CT molecular complexity index is 324. The van der Waals surface area contributed by atoms with Gasteiger partial charge in [-0.25, -0.2) is 0 Å². The molecule has 0 aliphatic carbocycles. The maximum atomic E-state index is 5.93. The van der Waals surface area contributed by atoms with Crippen LogP contribution in [-0.4, -0.2) is 18.6 Å². The highest BCUT2D eigenvalue weighted by molar-refractivity contribution is 6.35. The summed E-state index contributed by atoms with van der Waals surface area (Å²) in [7, 11) is 1.92. The minimum absolute atomic E-state index is 0.558. The SMILES string of the molecule is CNCCC=Cc1ncc(Cl)cc1Cl. The number of rotatable bonds is 4. The van der Waals surface area contributed by atoms with E-state index in [-0.39, 0.29) is 0 Å². The van der Waals surface area contributed by atoms with Gasteiger partial charge in [-0.05, 0) is 32.2 Å². The molecule has 2 nitrogen and oxygen atoms in total. The Morgan fingerprint density at radius 1 is 1.50 bits per heavy atom. The summed E-state index contributed by atoms with van der Waals surface area (Å²) in [6.07, 6.45) is 6.47.